The summed E-state index contributed by atoms with van der Waals surface area (Å²) in [5.74, 6) is -0.615. The van der Waals surface area contributed by atoms with Crippen LogP contribution >= 0.6 is 0 Å². The molecule has 5 rings (SSSR count). The quantitative estimate of drug-likeness (QED) is 0.444. The summed E-state index contributed by atoms with van der Waals surface area (Å²) in [6, 6.07) is 22.8. The highest BCUT2D eigenvalue weighted by atomic mass is 16.5. The van der Waals surface area contributed by atoms with Gasteiger partial charge in [-0.05, 0) is 41.3 Å². The number of aromatic hydroxyl groups is 1. The second kappa shape index (κ2) is 7.69. The molecule has 0 bridgehead atoms. The van der Waals surface area contributed by atoms with E-state index in [0.29, 0.717) is 0 Å². The van der Waals surface area contributed by atoms with Crippen LogP contribution in [0.25, 0.3) is 10.9 Å². The van der Waals surface area contributed by atoms with E-state index in [-0.39, 0.29) is 24.0 Å². The van der Waals surface area contributed by atoms with Gasteiger partial charge in [-0.15, -0.1) is 0 Å². The van der Waals surface area contributed by atoms with Crippen molar-refractivity contribution in [1.29, 1.82) is 0 Å². The Morgan fingerprint density at radius 1 is 1.03 bits per heavy atom. The standard InChI is InChI=1S/C25H22N2O3/c28-22-11-10-17(14-20(22)25(29)30-15-16-6-2-1-3-7-16)23-24-19(12-13-26-23)18-8-4-5-9-21(18)27-24/h1-11,14,23,26-28H,12-13,15H2. The first kappa shape index (κ1) is 18.5. The third kappa shape index (κ3) is 3.33. The summed E-state index contributed by atoms with van der Waals surface area (Å²) in [5.41, 5.74) is 5.50. The summed E-state index contributed by atoms with van der Waals surface area (Å²) in [6.45, 7) is 1.01. The molecule has 1 atom stereocenters. The number of para-hydroxylation sites is 1. The number of carbonyl (C=O) groups is 1. The third-order valence-corrected chi connectivity index (χ3v) is 5.65. The van der Waals surface area contributed by atoms with Gasteiger partial charge in [0, 0.05) is 23.1 Å². The van der Waals surface area contributed by atoms with Gasteiger partial charge in [-0.1, -0.05) is 54.6 Å². The molecule has 1 aliphatic heterocycles. The number of aromatic nitrogens is 1. The van der Waals surface area contributed by atoms with Crippen LogP contribution in [0, 0.1) is 0 Å². The lowest BCUT2D eigenvalue weighted by Crippen LogP contribution is -2.30. The van der Waals surface area contributed by atoms with E-state index < -0.39 is 5.97 Å². The summed E-state index contributed by atoms with van der Waals surface area (Å²) < 4.78 is 5.43. The average Bonchev–Trinajstić information content (AvgIpc) is 3.17. The van der Waals surface area contributed by atoms with Crippen molar-refractivity contribution < 1.29 is 14.6 Å². The topological polar surface area (TPSA) is 74.3 Å². The Labute approximate surface area is 174 Å². The van der Waals surface area contributed by atoms with Crippen molar-refractivity contribution in [2.45, 2.75) is 19.1 Å². The fourth-order valence-corrected chi connectivity index (χ4v) is 4.16. The van der Waals surface area contributed by atoms with Gasteiger partial charge < -0.3 is 20.1 Å². The summed E-state index contributed by atoms with van der Waals surface area (Å²) in [4.78, 5) is 16.2. The summed E-state index contributed by atoms with van der Waals surface area (Å²) in [6.07, 6.45) is 0.944. The molecule has 5 nitrogen and oxygen atoms in total. The Balaban J connectivity index is 1.45. The highest BCUT2D eigenvalue weighted by Gasteiger charge is 2.26. The normalized spacial score (nSPS) is 15.7. The highest BCUT2D eigenvalue weighted by Crippen LogP contribution is 2.34. The zero-order chi connectivity index (χ0) is 20.5. The molecule has 150 valence electrons. The zero-order valence-corrected chi connectivity index (χ0v) is 16.4. The molecule has 0 saturated carbocycles. The fourth-order valence-electron chi connectivity index (χ4n) is 4.16. The number of hydrogen-bond acceptors (Lipinski definition) is 4. The number of aromatic amines is 1. The third-order valence-electron chi connectivity index (χ3n) is 5.65. The Bertz CT molecular complexity index is 1210. The van der Waals surface area contributed by atoms with Crippen molar-refractivity contribution in [2.75, 3.05) is 6.54 Å². The minimum Gasteiger partial charge on any atom is -0.507 e. The van der Waals surface area contributed by atoms with Crippen LogP contribution in [0.1, 0.15) is 38.8 Å². The van der Waals surface area contributed by atoms with E-state index in [1.54, 1.807) is 12.1 Å². The maximum absolute atomic E-state index is 12.6. The van der Waals surface area contributed by atoms with Gasteiger partial charge in [0.1, 0.15) is 17.9 Å². The van der Waals surface area contributed by atoms with Gasteiger partial charge in [0.2, 0.25) is 0 Å². The number of phenols is 1. The molecule has 2 heterocycles. The molecule has 1 aliphatic rings. The molecule has 5 heteroatoms. The van der Waals surface area contributed by atoms with E-state index >= 15 is 0 Å². The molecule has 1 unspecified atom stereocenters. The molecule has 4 aromatic rings. The molecule has 0 fully saturated rings. The number of ether oxygens (including phenoxy) is 1. The second-order valence-electron chi connectivity index (χ2n) is 7.54. The van der Waals surface area contributed by atoms with Gasteiger partial charge >= 0.3 is 5.97 Å². The van der Waals surface area contributed by atoms with Crippen LogP contribution < -0.4 is 5.32 Å². The monoisotopic (exact) mass is 398 g/mol. The molecule has 1 aromatic heterocycles. The van der Waals surface area contributed by atoms with E-state index in [9.17, 15) is 9.90 Å². The van der Waals surface area contributed by atoms with Crippen molar-refractivity contribution in [2.24, 2.45) is 0 Å². The van der Waals surface area contributed by atoms with Gasteiger partial charge in [0.25, 0.3) is 0 Å². The predicted octanol–water partition coefficient (Wildman–Crippen LogP) is 4.47. The molecule has 3 N–H and O–H groups in total. The molecule has 0 spiro atoms. The lowest BCUT2D eigenvalue weighted by Gasteiger charge is -2.25. The van der Waals surface area contributed by atoms with Crippen LogP contribution in [0.3, 0.4) is 0 Å². The molecule has 0 radical (unpaired) electrons. The largest absolute Gasteiger partial charge is 0.507 e. The fraction of sp³-hybridized carbons (Fsp3) is 0.160. The Morgan fingerprint density at radius 3 is 2.70 bits per heavy atom. The minimum atomic E-state index is -0.536. The molecule has 30 heavy (non-hydrogen) atoms. The van der Waals surface area contributed by atoms with Crippen LogP contribution in [0.15, 0.2) is 72.8 Å². The SMILES string of the molecule is O=C(OCc1ccccc1)c1cc(C2NCCc3c2[nH]c2ccccc32)ccc1O. The number of benzene rings is 3. The lowest BCUT2D eigenvalue weighted by molar-refractivity contribution is 0.0469. The van der Waals surface area contributed by atoms with E-state index in [1.807, 2.05) is 42.5 Å². The first-order chi connectivity index (χ1) is 14.7. The molecule has 3 aromatic carbocycles. The number of H-pyrrole nitrogens is 1. The number of phenolic OH excluding ortho intramolecular Hbond substituents is 1. The molecular weight excluding hydrogens is 376 g/mol. The molecule has 0 amide bonds. The molecule has 0 aliphatic carbocycles. The van der Waals surface area contributed by atoms with Gasteiger partial charge in [-0.2, -0.15) is 0 Å². The minimum absolute atomic E-state index is 0.0792. The lowest BCUT2D eigenvalue weighted by atomic mass is 9.93. The van der Waals surface area contributed by atoms with Gasteiger partial charge in [-0.3, -0.25) is 0 Å². The summed E-state index contributed by atoms with van der Waals surface area (Å²) in [5, 5.41) is 15.0. The number of carbonyl (C=O) groups excluding carboxylic acids is 1. The first-order valence-electron chi connectivity index (χ1n) is 10.1. The summed E-state index contributed by atoms with van der Waals surface area (Å²) >= 11 is 0. The number of nitrogens with one attached hydrogen (secondary N) is 2. The Hall–Kier alpha value is -3.57. The number of hydrogen-bond donors (Lipinski definition) is 3. The van der Waals surface area contributed by atoms with Crippen LogP contribution in [0.5, 0.6) is 5.75 Å². The van der Waals surface area contributed by atoms with Gasteiger partial charge in [0.15, 0.2) is 0 Å². The first-order valence-corrected chi connectivity index (χ1v) is 10.1. The summed E-state index contributed by atoms with van der Waals surface area (Å²) in [7, 11) is 0. The van der Waals surface area contributed by atoms with E-state index in [4.69, 9.17) is 4.74 Å². The second-order valence-corrected chi connectivity index (χ2v) is 7.54. The number of rotatable bonds is 4. The van der Waals surface area contributed by atoms with Crippen LogP contribution in [0.2, 0.25) is 0 Å². The van der Waals surface area contributed by atoms with Gasteiger partial charge in [-0.25, -0.2) is 4.79 Å². The average molecular weight is 398 g/mol. The smallest absolute Gasteiger partial charge is 0.342 e. The number of fused-ring (bicyclic) bond motifs is 3. The van der Waals surface area contributed by atoms with E-state index in [0.717, 1.165) is 35.3 Å². The Morgan fingerprint density at radius 2 is 1.83 bits per heavy atom. The highest BCUT2D eigenvalue weighted by molar-refractivity contribution is 5.92. The molecule has 0 saturated heterocycles. The van der Waals surface area contributed by atoms with E-state index in [1.165, 1.54) is 10.9 Å². The van der Waals surface area contributed by atoms with Crippen molar-refractivity contribution in [1.82, 2.24) is 10.3 Å². The van der Waals surface area contributed by atoms with Crippen molar-refractivity contribution in [3.8, 4) is 5.75 Å². The number of esters is 1. The maximum Gasteiger partial charge on any atom is 0.342 e. The Kier molecular flexibility index (Phi) is 4.73. The zero-order valence-electron chi connectivity index (χ0n) is 16.4. The maximum atomic E-state index is 12.6. The predicted molar refractivity (Wildman–Crippen MR) is 116 cm³/mol. The van der Waals surface area contributed by atoms with Crippen molar-refractivity contribution in [3.63, 3.8) is 0 Å². The molecular formula is C25H22N2O3. The van der Waals surface area contributed by atoms with E-state index in [2.05, 4.69) is 28.5 Å². The van der Waals surface area contributed by atoms with Crippen LogP contribution in [-0.2, 0) is 17.8 Å². The van der Waals surface area contributed by atoms with Crippen LogP contribution in [-0.4, -0.2) is 22.6 Å². The van der Waals surface area contributed by atoms with Crippen molar-refractivity contribution >= 4 is 16.9 Å². The van der Waals surface area contributed by atoms with Gasteiger partial charge in [0.05, 0.1) is 6.04 Å². The van der Waals surface area contributed by atoms with Crippen molar-refractivity contribution in [3.05, 3.63) is 101 Å². The van der Waals surface area contributed by atoms with Crippen LogP contribution in [0.4, 0.5) is 0 Å².